The van der Waals surface area contributed by atoms with E-state index in [0.717, 1.165) is 19.6 Å². The molecule has 1 unspecified atom stereocenters. The molecule has 1 saturated heterocycles. The van der Waals surface area contributed by atoms with E-state index >= 15 is 0 Å². The van der Waals surface area contributed by atoms with Gasteiger partial charge in [-0.25, -0.2) is 4.68 Å². The summed E-state index contributed by atoms with van der Waals surface area (Å²) in [7, 11) is 0. The molecule has 120 valence electrons. The minimum absolute atomic E-state index is 0.251. The van der Waals surface area contributed by atoms with Crippen molar-refractivity contribution >= 4 is 0 Å². The second kappa shape index (κ2) is 5.81. The van der Waals surface area contributed by atoms with Crippen LogP contribution in [0.1, 0.15) is 44.6 Å². The molecule has 2 aromatic heterocycles. The molecule has 3 heterocycles. The van der Waals surface area contributed by atoms with Crippen molar-refractivity contribution in [3.8, 4) is 0 Å². The van der Waals surface area contributed by atoms with E-state index in [1.54, 1.807) is 4.68 Å². The smallest absolute Gasteiger partial charge is 0.124 e. The quantitative estimate of drug-likeness (QED) is 0.898. The zero-order valence-corrected chi connectivity index (χ0v) is 13.5. The van der Waals surface area contributed by atoms with Crippen LogP contribution in [0.15, 0.2) is 18.5 Å². The first kappa shape index (κ1) is 15.2. The summed E-state index contributed by atoms with van der Waals surface area (Å²) in [6.45, 7) is 9.28. The van der Waals surface area contributed by atoms with Gasteiger partial charge in [-0.15, -0.1) is 5.10 Å². The standard InChI is InChI=1S/C15H24N6O/c1-4-20-13(5-7-16-20)9-19-8-6-15(22,11-19)14-10-21(12(2)3)18-17-14/h5,7,10,12,22H,4,6,8-9,11H2,1-3H3. The summed E-state index contributed by atoms with van der Waals surface area (Å²) in [5, 5.41) is 23.5. The summed E-state index contributed by atoms with van der Waals surface area (Å²) in [6.07, 6.45) is 4.38. The molecule has 0 aromatic carbocycles. The topological polar surface area (TPSA) is 72.0 Å². The Balaban J connectivity index is 1.70. The molecule has 0 amide bonds. The van der Waals surface area contributed by atoms with Crippen LogP contribution in [0, 0.1) is 0 Å². The average molecular weight is 304 g/mol. The van der Waals surface area contributed by atoms with E-state index in [2.05, 4.69) is 41.1 Å². The monoisotopic (exact) mass is 304 g/mol. The fourth-order valence-corrected chi connectivity index (χ4v) is 2.97. The second-order valence-electron chi connectivity index (χ2n) is 6.31. The molecule has 1 aliphatic heterocycles. The molecule has 0 aliphatic carbocycles. The normalized spacial score (nSPS) is 22.8. The summed E-state index contributed by atoms with van der Waals surface area (Å²) >= 11 is 0. The van der Waals surface area contributed by atoms with Gasteiger partial charge in [0.15, 0.2) is 0 Å². The lowest BCUT2D eigenvalue weighted by molar-refractivity contribution is 0.0405. The number of hydrogen-bond donors (Lipinski definition) is 1. The van der Waals surface area contributed by atoms with E-state index in [9.17, 15) is 5.11 Å². The van der Waals surface area contributed by atoms with Crippen LogP contribution in [-0.2, 0) is 18.7 Å². The number of likely N-dealkylation sites (tertiary alicyclic amines) is 1. The first-order valence-corrected chi connectivity index (χ1v) is 7.89. The van der Waals surface area contributed by atoms with Gasteiger partial charge in [0.05, 0.1) is 11.9 Å². The predicted molar refractivity (Wildman–Crippen MR) is 82.1 cm³/mol. The molecule has 22 heavy (non-hydrogen) atoms. The zero-order chi connectivity index (χ0) is 15.7. The first-order valence-electron chi connectivity index (χ1n) is 7.89. The van der Waals surface area contributed by atoms with Crippen LogP contribution in [-0.4, -0.2) is 47.9 Å². The average Bonchev–Trinajstić information content (AvgIpc) is 3.19. The lowest BCUT2D eigenvalue weighted by atomic mass is 10.00. The number of β-amino-alcohol motifs (C(OH)–C–C–N with tert-alkyl or cyclic N) is 1. The van der Waals surface area contributed by atoms with Crippen molar-refractivity contribution in [2.45, 2.75) is 51.9 Å². The van der Waals surface area contributed by atoms with E-state index < -0.39 is 5.60 Å². The van der Waals surface area contributed by atoms with Crippen LogP contribution in [0.4, 0.5) is 0 Å². The van der Waals surface area contributed by atoms with Gasteiger partial charge in [-0.1, -0.05) is 5.21 Å². The molecule has 0 saturated carbocycles. The SMILES string of the molecule is CCn1nccc1CN1CCC(O)(c2cn(C(C)C)nn2)C1. The highest BCUT2D eigenvalue weighted by Crippen LogP contribution is 2.31. The number of aryl methyl sites for hydroxylation is 1. The molecule has 2 aromatic rings. The Morgan fingerprint density at radius 1 is 1.41 bits per heavy atom. The Morgan fingerprint density at radius 2 is 2.23 bits per heavy atom. The molecule has 1 aliphatic rings. The predicted octanol–water partition coefficient (Wildman–Crippen LogP) is 1.17. The van der Waals surface area contributed by atoms with E-state index in [1.165, 1.54) is 5.69 Å². The van der Waals surface area contributed by atoms with Gasteiger partial charge in [0.1, 0.15) is 11.3 Å². The molecule has 1 atom stereocenters. The highest BCUT2D eigenvalue weighted by atomic mass is 16.3. The Hall–Kier alpha value is -1.73. The molecule has 1 fully saturated rings. The second-order valence-corrected chi connectivity index (χ2v) is 6.31. The van der Waals surface area contributed by atoms with Crippen molar-refractivity contribution in [3.63, 3.8) is 0 Å². The fraction of sp³-hybridized carbons (Fsp3) is 0.667. The zero-order valence-electron chi connectivity index (χ0n) is 13.5. The number of aromatic nitrogens is 5. The largest absolute Gasteiger partial charge is 0.382 e. The Morgan fingerprint density at radius 3 is 2.91 bits per heavy atom. The third kappa shape index (κ3) is 2.78. The lowest BCUT2D eigenvalue weighted by Gasteiger charge is -2.21. The van der Waals surface area contributed by atoms with Crippen LogP contribution in [0.3, 0.4) is 0 Å². The van der Waals surface area contributed by atoms with Crippen LogP contribution in [0.25, 0.3) is 0 Å². The minimum atomic E-state index is -0.899. The van der Waals surface area contributed by atoms with Crippen LogP contribution in [0.5, 0.6) is 0 Å². The summed E-state index contributed by atoms with van der Waals surface area (Å²) in [5.74, 6) is 0. The number of hydrogen-bond acceptors (Lipinski definition) is 5. The van der Waals surface area contributed by atoms with Gasteiger partial charge in [-0.2, -0.15) is 5.10 Å². The highest BCUT2D eigenvalue weighted by molar-refractivity contribution is 5.12. The molecule has 1 N–H and O–H groups in total. The molecule has 0 bridgehead atoms. The van der Waals surface area contributed by atoms with Gasteiger partial charge < -0.3 is 5.11 Å². The van der Waals surface area contributed by atoms with Crippen molar-refractivity contribution in [2.75, 3.05) is 13.1 Å². The van der Waals surface area contributed by atoms with Gasteiger partial charge in [-0.3, -0.25) is 9.58 Å². The molecule has 0 radical (unpaired) electrons. The first-order chi connectivity index (χ1) is 10.5. The van der Waals surface area contributed by atoms with Crippen LogP contribution < -0.4 is 0 Å². The van der Waals surface area contributed by atoms with Gasteiger partial charge in [0, 0.05) is 38.4 Å². The minimum Gasteiger partial charge on any atom is -0.382 e. The molecular formula is C15H24N6O. The molecule has 7 nitrogen and oxygen atoms in total. The lowest BCUT2D eigenvalue weighted by Crippen LogP contribution is -2.31. The molecular weight excluding hydrogens is 280 g/mol. The van der Waals surface area contributed by atoms with Gasteiger partial charge in [-0.05, 0) is 33.3 Å². The fourth-order valence-electron chi connectivity index (χ4n) is 2.97. The third-order valence-electron chi connectivity index (χ3n) is 4.33. The Bertz CT molecular complexity index is 634. The van der Waals surface area contributed by atoms with Crippen molar-refractivity contribution < 1.29 is 5.11 Å². The van der Waals surface area contributed by atoms with Crippen molar-refractivity contribution in [1.29, 1.82) is 0 Å². The summed E-state index contributed by atoms with van der Waals surface area (Å²) < 4.78 is 3.79. The summed E-state index contributed by atoms with van der Waals surface area (Å²) in [4.78, 5) is 2.25. The van der Waals surface area contributed by atoms with E-state index in [4.69, 9.17) is 0 Å². The maximum absolute atomic E-state index is 10.9. The van der Waals surface area contributed by atoms with Gasteiger partial charge >= 0.3 is 0 Å². The van der Waals surface area contributed by atoms with E-state index in [0.29, 0.717) is 18.7 Å². The maximum Gasteiger partial charge on any atom is 0.124 e. The highest BCUT2D eigenvalue weighted by Gasteiger charge is 2.40. The van der Waals surface area contributed by atoms with Crippen molar-refractivity contribution in [1.82, 2.24) is 29.7 Å². The van der Waals surface area contributed by atoms with Gasteiger partial charge in [0.2, 0.25) is 0 Å². The van der Waals surface area contributed by atoms with E-state index in [1.807, 2.05) is 23.1 Å². The molecule has 3 rings (SSSR count). The molecule has 0 spiro atoms. The number of nitrogens with zero attached hydrogens (tertiary/aromatic N) is 6. The summed E-state index contributed by atoms with van der Waals surface area (Å²) in [6, 6.07) is 2.29. The van der Waals surface area contributed by atoms with E-state index in [-0.39, 0.29) is 6.04 Å². The van der Waals surface area contributed by atoms with Crippen LogP contribution >= 0.6 is 0 Å². The molecule has 7 heteroatoms. The Kier molecular flexibility index (Phi) is 4.01. The Labute approximate surface area is 130 Å². The number of aliphatic hydroxyl groups is 1. The number of rotatable bonds is 5. The van der Waals surface area contributed by atoms with Crippen molar-refractivity contribution in [2.24, 2.45) is 0 Å². The van der Waals surface area contributed by atoms with Gasteiger partial charge in [0.25, 0.3) is 0 Å². The van der Waals surface area contributed by atoms with Crippen molar-refractivity contribution in [3.05, 3.63) is 29.8 Å². The van der Waals surface area contributed by atoms with Crippen LogP contribution in [0.2, 0.25) is 0 Å². The maximum atomic E-state index is 10.9. The third-order valence-corrected chi connectivity index (χ3v) is 4.33. The summed E-state index contributed by atoms with van der Waals surface area (Å²) in [5.41, 5.74) is 0.954.